The van der Waals surface area contributed by atoms with E-state index in [0.29, 0.717) is 18.7 Å². The minimum atomic E-state index is -0.551. The van der Waals surface area contributed by atoms with Crippen molar-refractivity contribution in [3.8, 4) is 0 Å². The summed E-state index contributed by atoms with van der Waals surface area (Å²) in [6.45, 7) is 0.690. The number of hydrogen-bond acceptors (Lipinski definition) is 5. The largest absolute Gasteiger partial charge is 0.469 e. The maximum absolute atomic E-state index is 12.2. The Balaban J connectivity index is 1.65. The van der Waals surface area contributed by atoms with Crippen molar-refractivity contribution < 1.29 is 19.4 Å². The molecule has 0 bridgehead atoms. The fourth-order valence-electron chi connectivity index (χ4n) is 3.84. The highest BCUT2D eigenvalue weighted by Gasteiger charge is 2.35. The third-order valence-corrected chi connectivity index (χ3v) is 6.77. The van der Waals surface area contributed by atoms with Crippen LogP contribution in [0.1, 0.15) is 77.0 Å². The Kier molecular flexibility index (Phi) is 8.56. The quantitative estimate of drug-likeness (QED) is 0.470. The van der Waals surface area contributed by atoms with E-state index >= 15 is 0 Å². The SMILES string of the molecule is COC(=O)CCCCCCC1SCC(=O)N1CCC1(O)CCCCC1. The fourth-order valence-corrected chi connectivity index (χ4v) is 5.08. The van der Waals surface area contributed by atoms with Crippen LogP contribution in [0.15, 0.2) is 0 Å². The maximum Gasteiger partial charge on any atom is 0.305 e. The van der Waals surface area contributed by atoms with Crippen LogP contribution in [0.2, 0.25) is 0 Å². The van der Waals surface area contributed by atoms with Gasteiger partial charge in [0.2, 0.25) is 5.91 Å². The van der Waals surface area contributed by atoms with Crippen LogP contribution in [0.5, 0.6) is 0 Å². The third-order valence-electron chi connectivity index (χ3n) is 5.48. The molecular weight excluding hydrogens is 338 g/mol. The number of ether oxygens (including phenoxy) is 1. The van der Waals surface area contributed by atoms with E-state index in [-0.39, 0.29) is 17.3 Å². The number of amides is 1. The standard InChI is InChI=1S/C19H33NO4S/c1-24-18(22)10-6-3-2-5-9-17-20(16(21)15-25-17)14-13-19(23)11-7-4-8-12-19/h17,23H,2-15H2,1H3. The molecule has 25 heavy (non-hydrogen) atoms. The predicted molar refractivity (Wildman–Crippen MR) is 100 cm³/mol. The molecular formula is C19H33NO4S. The molecule has 2 rings (SSSR count). The van der Waals surface area contributed by atoms with Crippen LogP contribution < -0.4 is 0 Å². The van der Waals surface area contributed by atoms with Gasteiger partial charge in [-0.2, -0.15) is 0 Å². The zero-order valence-corrected chi connectivity index (χ0v) is 16.3. The van der Waals surface area contributed by atoms with Crippen molar-refractivity contribution in [1.82, 2.24) is 4.90 Å². The van der Waals surface area contributed by atoms with Crippen LogP contribution >= 0.6 is 11.8 Å². The van der Waals surface area contributed by atoms with Crippen LogP contribution in [0.3, 0.4) is 0 Å². The highest BCUT2D eigenvalue weighted by atomic mass is 32.2. The van der Waals surface area contributed by atoms with Crippen molar-refractivity contribution in [3.63, 3.8) is 0 Å². The highest BCUT2D eigenvalue weighted by molar-refractivity contribution is 8.00. The zero-order valence-electron chi connectivity index (χ0n) is 15.5. The first-order valence-electron chi connectivity index (χ1n) is 9.74. The number of thioether (sulfide) groups is 1. The van der Waals surface area contributed by atoms with Gasteiger partial charge in [0.15, 0.2) is 0 Å². The number of rotatable bonds is 10. The molecule has 0 radical (unpaired) electrons. The molecule has 1 unspecified atom stereocenters. The zero-order chi connectivity index (χ0) is 18.1. The van der Waals surface area contributed by atoms with Gasteiger partial charge in [-0.25, -0.2) is 0 Å². The summed E-state index contributed by atoms with van der Waals surface area (Å²) in [5.74, 6) is 0.662. The molecule has 1 saturated carbocycles. The van der Waals surface area contributed by atoms with Gasteiger partial charge in [0.1, 0.15) is 0 Å². The summed E-state index contributed by atoms with van der Waals surface area (Å²) in [6.07, 6.45) is 11.5. The Bertz CT molecular complexity index is 437. The van der Waals surface area contributed by atoms with Crippen LogP contribution in [0.25, 0.3) is 0 Å². The molecule has 1 aliphatic heterocycles. The summed E-state index contributed by atoms with van der Waals surface area (Å²) >= 11 is 1.74. The molecule has 0 spiro atoms. The average Bonchev–Trinajstić information content (AvgIpc) is 2.96. The third kappa shape index (κ3) is 6.81. The number of carbonyl (C=O) groups is 2. The van der Waals surface area contributed by atoms with Gasteiger partial charge >= 0.3 is 5.97 Å². The minimum Gasteiger partial charge on any atom is -0.469 e. The summed E-state index contributed by atoms with van der Waals surface area (Å²) in [5.41, 5.74) is -0.551. The summed E-state index contributed by atoms with van der Waals surface area (Å²) in [6, 6.07) is 0. The van der Waals surface area contributed by atoms with Gasteiger partial charge in [-0.3, -0.25) is 9.59 Å². The van der Waals surface area contributed by atoms with E-state index in [1.807, 2.05) is 4.90 Å². The normalized spacial score (nSPS) is 23.0. The molecule has 144 valence electrons. The van der Waals surface area contributed by atoms with Gasteiger partial charge in [-0.05, 0) is 32.1 Å². The molecule has 1 amide bonds. The number of aliphatic hydroxyl groups is 1. The van der Waals surface area contributed by atoms with Gasteiger partial charge in [0.05, 0.1) is 23.8 Å². The van der Waals surface area contributed by atoms with Crippen molar-refractivity contribution in [2.24, 2.45) is 0 Å². The summed E-state index contributed by atoms with van der Waals surface area (Å²) < 4.78 is 4.64. The highest BCUT2D eigenvalue weighted by Crippen LogP contribution is 2.34. The molecule has 5 nitrogen and oxygen atoms in total. The second-order valence-corrected chi connectivity index (χ2v) is 8.58. The van der Waals surface area contributed by atoms with Crippen LogP contribution in [0.4, 0.5) is 0 Å². The van der Waals surface area contributed by atoms with Gasteiger partial charge < -0.3 is 14.7 Å². The Morgan fingerprint density at radius 2 is 1.96 bits per heavy atom. The second-order valence-electron chi connectivity index (χ2n) is 7.42. The number of nitrogens with zero attached hydrogens (tertiary/aromatic N) is 1. The summed E-state index contributed by atoms with van der Waals surface area (Å²) in [5, 5.41) is 10.9. The molecule has 2 fully saturated rings. The van der Waals surface area contributed by atoms with Gasteiger partial charge in [-0.15, -0.1) is 11.8 Å². The lowest BCUT2D eigenvalue weighted by molar-refractivity contribution is -0.140. The van der Waals surface area contributed by atoms with E-state index in [0.717, 1.165) is 64.2 Å². The minimum absolute atomic E-state index is 0.135. The van der Waals surface area contributed by atoms with Crippen molar-refractivity contribution in [2.45, 2.75) is 88.0 Å². The molecule has 1 atom stereocenters. The van der Waals surface area contributed by atoms with E-state index in [4.69, 9.17) is 0 Å². The molecule has 0 aromatic rings. The van der Waals surface area contributed by atoms with Crippen molar-refractivity contribution in [1.29, 1.82) is 0 Å². The number of unbranched alkanes of at least 4 members (excludes halogenated alkanes) is 3. The first-order valence-corrected chi connectivity index (χ1v) is 10.8. The van der Waals surface area contributed by atoms with Crippen molar-refractivity contribution in [3.05, 3.63) is 0 Å². The van der Waals surface area contributed by atoms with Crippen LogP contribution in [-0.2, 0) is 14.3 Å². The Morgan fingerprint density at radius 3 is 2.68 bits per heavy atom. The lowest BCUT2D eigenvalue weighted by atomic mass is 9.82. The Hall–Kier alpha value is -0.750. The second kappa shape index (κ2) is 10.4. The topological polar surface area (TPSA) is 66.8 Å². The van der Waals surface area contributed by atoms with E-state index in [1.54, 1.807) is 11.8 Å². The lowest BCUT2D eigenvalue weighted by Gasteiger charge is -2.34. The number of hydrogen-bond donors (Lipinski definition) is 1. The van der Waals surface area contributed by atoms with Crippen molar-refractivity contribution >= 4 is 23.6 Å². The number of esters is 1. The fraction of sp³-hybridized carbons (Fsp3) is 0.895. The van der Waals surface area contributed by atoms with Gasteiger partial charge in [0.25, 0.3) is 0 Å². The molecule has 0 aromatic heterocycles. The molecule has 6 heteroatoms. The maximum atomic E-state index is 12.2. The molecule has 2 aliphatic rings. The average molecular weight is 372 g/mol. The monoisotopic (exact) mass is 371 g/mol. The summed E-state index contributed by atoms with van der Waals surface area (Å²) in [4.78, 5) is 25.2. The number of methoxy groups -OCH3 is 1. The van der Waals surface area contributed by atoms with E-state index in [2.05, 4.69) is 4.74 Å². The lowest BCUT2D eigenvalue weighted by Crippen LogP contribution is -2.40. The van der Waals surface area contributed by atoms with Gasteiger partial charge in [-0.1, -0.05) is 38.5 Å². The van der Waals surface area contributed by atoms with Crippen LogP contribution in [0, 0.1) is 0 Å². The van der Waals surface area contributed by atoms with Gasteiger partial charge in [0, 0.05) is 13.0 Å². The van der Waals surface area contributed by atoms with E-state index in [1.165, 1.54) is 13.5 Å². The Morgan fingerprint density at radius 1 is 1.24 bits per heavy atom. The molecule has 1 heterocycles. The van der Waals surface area contributed by atoms with Crippen LogP contribution in [-0.4, -0.2) is 52.3 Å². The summed E-state index contributed by atoms with van der Waals surface area (Å²) in [7, 11) is 1.43. The van der Waals surface area contributed by atoms with Crippen molar-refractivity contribution in [2.75, 3.05) is 19.4 Å². The predicted octanol–water partition coefficient (Wildman–Crippen LogP) is 3.49. The molecule has 1 aliphatic carbocycles. The molecule has 1 N–H and O–H groups in total. The first-order chi connectivity index (χ1) is 12.0. The first kappa shape index (κ1) is 20.6. The molecule has 1 saturated heterocycles. The molecule has 0 aromatic carbocycles. The Labute approximate surface area is 155 Å². The smallest absolute Gasteiger partial charge is 0.305 e. The number of carbonyl (C=O) groups excluding carboxylic acids is 2. The van der Waals surface area contributed by atoms with E-state index in [9.17, 15) is 14.7 Å². The van der Waals surface area contributed by atoms with E-state index < -0.39 is 5.60 Å².